The van der Waals surface area contributed by atoms with Gasteiger partial charge in [-0.25, -0.2) is 4.79 Å². The molecule has 0 aliphatic carbocycles. The van der Waals surface area contributed by atoms with Crippen LogP contribution >= 0.6 is 0 Å². The number of aliphatic hydroxyl groups is 1. The largest absolute Gasteiger partial charge is 0.480 e. The number of hydrogen-bond acceptors (Lipinski definition) is 7. The minimum absolute atomic E-state index is 0.0636. The van der Waals surface area contributed by atoms with E-state index < -0.39 is 66.3 Å². The van der Waals surface area contributed by atoms with Crippen molar-refractivity contribution in [3.8, 4) is 0 Å². The van der Waals surface area contributed by atoms with Crippen LogP contribution in [0.15, 0.2) is 30.5 Å². The van der Waals surface area contributed by atoms with Crippen LogP contribution in [0.4, 0.5) is 0 Å². The number of nitrogens with one attached hydrogen (secondary N) is 3. The number of carboxylic acids is 1. The SMILES string of the molecule is CC(O)C(NC(=O)C1CCCN1C(=O)C(Cc1c[nH]c2ccccc12)NC(=O)C(N)CC(N)=O)C(=O)O. The molecule has 4 amide bonds. The van der Waals surface area contributed by atoms with Crippen molar-refractivity contribution < 1.29 is 34.2 Å². The van der Waals surface area contributed by atoms with E-state index in [1.807, 2.05) is 24.3 Å². The van der Waals surface area contributed by atoms with Crippen molar-refractivity contribution >= 4 is 40.5 Å². The zero-order chi connectivity index (χ0) is 27.3. The molecule has 13 heteroatoms. The van der Waals surface area contributed by atoms with Crippen molar-refractivity contribution in [3.63, 3.8) is 0 Å². The maximum absolute atomic E-state index is 13.7. The molecule has 1 aromatic heterocycles. The van der Waals surface area contributed by atoms with Crippen LogP contribution in [-0.2, 0) is 30.4 Å². The average Bonchev–Trinajstić information content (AvgIpc) is 3.48. The quantitative estimate of drug-likeness (QED) is 0.183. The number of aliphatic carboxylic acids is 1. The Hall–Kier alpha value is -3.97. The molecule has 0 saturated carbocycles. The van der Waals surface area contributed by atoms with E-state index in [0.717, 1.165) is 16.5 Å². The van der Waals surface area contributed by atoms with Gasteiger partial charge in [0.25, 0.3) is 0 Å². The Morgan fingerprint density at radius 3 is 2.54 bits per heavy atom. The van der Waals surface area contributed by atoms with E-state index in [-0.39, 0.29) is 19.4 Å². The second-order valence-electron chi connectivity index (χ2n) is 9.16. The van der Waals surface area contributed by atoms with E-state index in [0.29, 0.717) is 6.42 Å². The summed E-state index contributed by atoms with van der Waals surface area (Å²) in [6, 6.07) is 2.46. The van der Waals surface area contributed by atoms with Gasteiger partial charge in [0.05, 0.1) is 18.6 Å². The van der Waals surface area contributed by atoms with Gasteiger partial charge in [-0.15, -0.1) is 0 Å². The Morgan fingerprint density at radius 1 is 1.19 bits per heavy atom. The third-order valence-electron chi connectivity index (χ3n) is 6.36. The zero-order valence-electron chi connectivity index (χ0n) is 20.3. The van der Waals surface area contributed by atoms with E-state index in [4.69, 9.17) is 11.5 Å². The van der Waals surface area contributed by atoms with Crippen molar-refractivity contribution in [3.05, 3.63) is 36.0 Å². The minimum atomic E-state index is -1.54. The Balaban J connectivity index is 1.85. The Kier molecular flexibility index (Phi) is 8.84. The fourth-order valence-electron chi connectivity index (χ4n) is 4.45. The number of aromatic nitrogens is 1. The second kappa shape index (κ2) is 11.8. The fraction of sp³-hybridized carbons (Fsp3) is 0.458. The summed E-state index contributed by atoms with van der Waals surface area (Å²) in [6.45, 7) is 1.44. The number of primary amides is 1. The molecule has 9 N–H and O–H groups in total. The van der Waals surface area contributed by atoms with E-state index >= 15 is 0 Å². The van der Waals surface area contributed by atoms with Gasteiger partial charge in [0, 0.05) is 30.1 Å². The van der Waals surface area contributed by atoms with Gasteiger partial charge in [0.2, 0.25) is 23.6 Å². The van der Waals surface area contributed by atoms with E-state index in [2.05, 4.69) is 15.6 Å². The van der Waals surface area contributed by atoms with Gasteiger partial charge in [-0.05, 0) is 31.4 Å². The number of H-pyrrole nitrogens is 1. The highest BCUT2D eigenvalue weighted by atomic mass is 16.4. The summed E-state index contributed by atoms with van der Waals surface area (Å²) >= 11 is 0. The lowest BCUT2D eigenvalue weighted by molar-refractivity contribution is -0.147. The molecule has 13 nitrogen and oxygen atoms in total. The third-order valence-corrected chi connectivity index (χ3v) is 6.36. The molecule has 0 bridgehead atoms. The number of fused-ring (bicyclic) bond motifs is 1. The predicted molar refractivity (Wildman–Crippen MR) is 132 cm³/mol. The molecule has 1 aromatic carbocycles. The molecule has 1 aliphatic heterocycles. The van der Waals surface area contributed by atoms with Crippen LogP contribution in [0.2, 0.25) is 0 Å². The number of aromatic amines is 1. The Labute approximate surface area is 212 Å². The molecule has 2 aromatic rings. The number of nitrogens with zero attached hydrogens (tertiary/aromatic N) is 1. The maximum Gasteiger partial charge on any atom is 0.328 e. The molecule has 1 aliphatic rings. The van der Waals surface area contributed by atoms with E-state index in [1.54, 1.807) is 6.20 Å². The number of benzene rings is 1. The second-order valence-corrected chi connectivity index (χ2v) is 9.16. The highest BCUT2D eigenvalue weighted by molar-refractivity contribution is 5.96. The van der Waals surface area contributed by atoms with Crippen LogP contribution in [0.1, 0.15) is 31.7 Å². The lowest BCUT2D eigenvalue weighted by atomic mass is 10.0. The van der Waals surface area contributed by atoms with E-state index in [9.17, 15) is 34.2 Å². The summed E-state index contributed by atoms with van der Waals surface area (Å²) < 4.78 is 0. The first-order valence-electron chi connectivity index (χ1n) is 11.9. The van der Waals surface area contributed by atoms with Gasteiger partial charge in [-0.2, -0.15) is 0 Å². The van der Waals surface area contributed by atoms with Gasteiger partial charge in [0.1, 0.15) is 12.1 Å². The maximum atomic E-state index is 13.7. The molecule has 5 atom stereocenters. The van der Waals surface area contributed by atoms with Crippen LogP contribution in [0, 0.1) is 0 Å². The highest BCUT2D eigenvalue weighted by Crippen LogP contribution is 2.23. The van der Waals surface area contributed by atoms with Gasteiger partial charge >= 0.3 is 5.97 Å². The predicted octanol–water partition coefficient (Wildman–Crippen LogP) is -1.66. The molecule has 1 fully saturated rings. The van der Waals surface area contributed by atoms with Gasteiger partial charge in [-0.1, -0.05) is 18.2 Å². The molecule has 2 heterocycles. The van der Waals surface area contributed by atoms with Crippen molar-refractivity contribution in [1.82, 2.24) is 20.5 Å². The van der Waals surface area contributed by atoms with Crippen LogP contribution < -0.4 is 22.1 Å². The Bertz CT molecular complexity index is 1180. The molecule has 0 spiro atoms. The molecule has 5 unspecified atom stereocenters. The summed E-state index contributed by atoms with van der Waals surface area (Å²) in [4.78, 5) is 66.3. The number of carboxylic acid groups (broad SMARTS) is 1. The van der Waals surface area contributed by atoms with Crippen LogP contribution in [0.3, 0.4) is 0 Å². The van der Waals surface area contributed by atoms with Gasteiger partial charge in [-0.3, -0.25) is 19.2 Å². The summed E-state index contributed by atoms with van der Waals surface area (Å²) in [5.74, 6) is -4.22. The number of hydrogen-bond donors (Lipinski definition) is 7. The monoisotopic (exact) mass is 516 g/mol. The number of carbonyl (C=O) groups is 5. The molecule has 1 saturated heterocycles. The fourth-order valence-corrected chi connectivity index (χ4v) is 4.45. The minimum Gasteiger partial charge on any atom is -0.480 e. The molecular formula is C24H32N6O7. The summed E-state index contributed by atoms with van der Waals surface area (Å²) in [7, 11) is 0. The number of rotatable bonds is 11. The van der Waals surface area contributed by atoms with Crippen LogP contribution in [0.25, 0.3) is 10.9 Å². The number of aliphatic hydroxyl groups excluding tert-OH is 1. The Morgan fingerprint density at radius 2 is 1.89 bits per heavy atom. The molecule has 37 heavy (non-hydrogen) atoms. The number of amides is 4. The van der Waals surface area contributed by atoms with Crippen LogP contribution in [-0.4, -0.2) is 86.5 Å². The van der Waals surface area contributed by atoms with Crippen molar-refractivity contribution in [2.75, 3.05) is 6.54 Å². The standard InChI is InChI=1S/C24H32N6O7/c1-12(31)20(24(36)37)29-22(34)18-7-4-8-30(18)23(35)17(28-21(33)15(25)10-19(26)32)9-13-11-27-16-6-3-2-5-14(13)16/h2-3,5-6,11-12,15,17-18,20,27,31H,4,7-10,25H2,1H3,(H2,26,32)(H,28,33)(H,29,34)(H,36,37). The number of carbonyl (C=O) groups excluding carboxylic acids is 4. The number of nitrogens with two attached hydrogens (primary N) is 2. The molecule has 3 rings (SSSR count). The lowest BCUT2D eigenvalue weighted by Gasteiger charge is -2.30. The lowest BCUT2D eigenvalue weighted by Crippen LogP contribution is -2.58. The number of para-hydroxylation sites is 1. The van der Waals surface area contributed by atoms with E-state index in [1.165, 1.54) is 11.8 Å². The summed E-state index contributed by atoms with van der Waals surface area (Å²) in [5.41, 5.74) is 12.5. The zero-order valence-corrected chi connectivity index (χ0v) is 20.3. The van der Waals surface area contributed by atoms with Gasteiger partial charge < -0.3 is 42.2 Å². The first kappa shape index (κ1) is 27.6. The smallest absolute Gasteiger partial charge is 0.328 e. The first-order chi connectivity index (χ1) is 17.5. The average molecular weight is 517 g/mol. The molecule has 0 radical (unpaired) electrons. The van der Waals surface area contributed by atoms with Crippen molar-refractivity contribution in [2.45, 2.75) is 62.9 Å². The number of likely N-dealkylation sites (tertiary alicyclic amines) is 1. The van der Waals surface area contributed by atoms with Crippen molar-refractivity contribution in [1.29, 1.82) is 0 Å². The molecule has 200 valence electrons. The third kappa shape index (κ3) is 6.62. The normalized spacial score (nSPS) is 18.6. The summed E-state index contributed by atoms with van der Waals surface area (Å²) in [6.07, 6.45) is 0.768. The topological polar surface area (TPSA) is 221 Å². The molecular weight excluding hydrogens is 484 g/mol. The first-order valence-corrected chi connectivity index (χ1v) is 11.9. The van der Waals surface area contributed by atoms with Crippen molar-refractivity contribution in [2.24, 2.45) is 11.5 Å². The van der Waals surface area contributed by atoms with Crippen LogP contribution in [0.5, 0.6) is 0 Å². The highest BCUT2D eigenvalue weighted by Gasteiger charge is 2.40. The summed E-state index contributed by atoms with van der Waals surface area (Å²) in [5, 5.41) is 24.7. The van der Waals surface area contributed by atoms with Gasteiger partial charge in [0.15, 0.2) is 6.04 Å².